The average molecular weight is 567 g/mol. The van der Waals surface area contributed by atoms with E-state index in [0.29, 0.717) is 51.6 Å². The van der Waals surface area contributed by atoms with Gasteiger partial charge in [0.25, 0.3) is 0 Å². The lowest BCUT2D eigenvalue weighted by Crippen LogP contribution is -2.70. The molecule has 4 rings (SSSR count). The Balaban J connectivity index is 1.31. The van der Waals surface area contributed by atoms with E-state index < -0.39 is 34.8 Å². The van der Waals surface area contributed by atoms with Crippen molar-refractivity contribution in [2.75, 3.05) is 13.1 Å². The molecule has 0 aromatic carbocycles. The molecule has 40 heavy (non-hydrogen) atoms. The number of carbonyl (C=O) groups is 2. The fourth-order valence-corrected chi connectivity index (χ4v) is 8.80. The number of ether oxygens (including phenoxy) is 2. The zero-order valence-electron chi connectivity index (χ0n) is 26.5. The Bertz CT molecular complexity index is 906. The molecule has 10 nitrogen and oxygen atoms in total. The topological polar surface area (TPSA) is 124 Å². The molecule has 4 N–H and O–H groups in total. The molecule has 0 aromatic heterocycles. The largest absolute Gasteiger partial charge is 0.437 e. The van der Waals surface area contributed by atoms with Crippen LogP contribution in [0.1, 0.15) is 121 Å². The smallest absolute Gasteiger partial charge is 0.412 e. The van der Waals surface area contributed by atoms with Crippen LogP contribution in [0, 0.1) is 0 Å². The first-order chi connectivity index (χ1) is 18.0. The summed E-state index contributed by atoms with van der Waals surface area (Å²) in [6.45, 7) is 20.8. The number of carbonyl (C=O) groups excluding carboxylic acids is 2. The zero-order chi connectivity index (χ0) is 30.2. The molecule has 4 aliphatic heterocycles. The van der Waals surface area contributed by atoms with Gasteiger partial charge < -0.3 is 30.3 Å². The van der Waals surface area contributed by atoms with E-state index in [1.807, 2.05) is 0 Å². The average Bonchev–Trinajstić information content (AvgIpc) is 2.96. The number of amides is 2. The summed E-state index contributed by atoms with van der Waals surface area (Å²) >= 11 is 0. The summed E-state index contributed by atoms with van der Waals surface area (Å²) in [4.78, 5) is 28.9. The molecule has 2 amide bonds. The minimum atomic E-state index is -1.41. The van der Waals surface area contributed by atoms with Crippen LogP contribution in [0.4, 0.5) is 9.59 Å². The van der Waals surface area contributed by atoms with Gasteiger partial charge in [-0.05, 0) is 82.1 Å². The van der Waals surface area contributed by atoms with Crippen LogP contribution in [0.5, 0.6) is 0 Å². The molecule has 0 bridgehead atoms. The summed E-state index contributed by atoms with van der Waals surface area (Å²) < 4.78 is 11.9. The minimum absolute atomic E-state index is 0.293. The predicted molar refractivity (Wildman–Crippen MR) is 153 cm³/mol. The quantitative estimate of drug-likeness (QED) is 0.338. The van der Waals surface area contributed by atoms with Crippen molar-refractivity contribution in [1.29, 1.82) is 0 Å². The monoisotopic (exact) mass is 566 g/mol. The molecule has 0 aromatic rings. The van der Waals surface area contributed by atoms with E-state index in [-0.39, 0.29) is 22.2 Å². The third-order valence-electron chi connectivity index (χ3n) is 9.56. The highest BCUT2D eigenvalue weighted by Gasteiger charge is 2.67. The van der Waals surface area contributed by atoms with E-state index in [1.54, 1.807) is 13.8 Å². The normalized spacial score (nSPS) is 34.8. The molecule has 0 unspecified atom stereocenters. The van der Waals surface area contributed by atoms with Gasteiger partial charge in [0, 0.05) is 60.9 Å². The summed E-state index contributed by atoms with van der Waals surface area (Å²) in [5, 5.41) is 30.5. The number of piperidine rings is 2. The molecule has 0 radical (unpaired) electrons. The molecule has 0 aliphatic carbocycles. The van der Waals surface area contributed by atoms with Gasteiger partial charge in [-0.15, -0.1) is 0 Å². The number of hydrogen-bond donors (Lipinski definition) is 4. The third kappa shape index (κ3) is 5.45. The van der Waals surface area contributed by atoms with Crippen LogP contribution >= 0.6 is 0 Å². The Morgan fingerprint density at radius 3 is 1.12 bits per heavy atom. The van der Waals surface area contributed by atoms with Gasteiger partial charge in [0.15, 0.2) is 22.7 Å². The third-order valence-corrected chi connectivity index (χ3v) is 9.56. The Hall–Kier alpha value is -1.62. The van der Waals surface area contributed by atoms with Gasteiger partial charge in [-0.3, -0.25) is 9.80 Å². The number of rotatable bonds is 7. The molecule has 4 heterocycles. The molecular formula is C30H54N4O6. The lowest BCUT2D eigenvalue weighted by molar-refractivity contribution is -0.181. The Morgan fingerprint density at radius 2 is 0.850 bits per heavy atom. The van der Waals surface area contributed by atoms with E-state index in [1.165, 1.54) is 9.80 Å². The molecule has 2 spiro atoms. The highest BCUT2D eigenvalue weighted by Crippen LogP contribution is 2.51. The molecule has 4 aliphatic rings. The number of nitrogens with zero attached hydrogens (tertiary/aromatic N) is 2. The second kappa shape index (κ2) is 9.44. The first kappa shape index (κ1) is 31.3. The standard InChI is InChI=1S/C30H54N4O6/c1-23(2)17-29(18-24(3,4)31-23)27(9,37)33(21(35)39-29)15-13-11-12-14-16-34-22(36)40-30(28(34,10)38)19-25(5,6)32-26(7,8)20-30/h31-32,37-38H,11-20H2,1-10H3/t27-,28+. The van der Waals surface area contributed by atoms with Crippen LogP contribution in [0.3, 0.4) is 0 Å². The lowest BCUT2D eigenvalue weighted by Gasteiger charge is -2.54. The van der Waals surface area contributed by atoms with Crippen molar-refractivity contribution in [3.05, 3.63) is 0 Å². The molecule has 2 atom stereocenters. The summed E-state index contributed by atoms with van der Waals surface area (Å²) in [5.41, 5.74) is -5.95. The van der Waals surface area contributed by atoms with Crippen LogP contribution in [-0.2, 0) is 9.47 Å². The van der Waals surface area contributed by atoms with Crippen molar-refractivity contribution >= 4 is 12.2 Å². The van der Waals surface area contributed by atoms with Crippen molar-refractivity contribution in [1.82, 2.24) is 20.4 Å². The fourth-order valence-electron chi connectivity index (χ4n) is 8.80. The van der Waals surface area contributed by atoms with Crippen LogP contribution in [-0.4, -0.2) is 90.1 Å². The fraction of sp³-hybridized carbons (Fsp3) is 0.933. The Kier molecular flexibility index (Phi) is 7.39. The predicted octanol–water partition coefficient (Wildman–Crippen LogP) is 4.23. The molecule has 4 fully saturated rings. The van der Waals surface area contributed by atoms with Gasteiger partial charge in [-0.25, -0.2) is 9.59 Å². The van der Waals surface area contributed by atoms with Crippen LogP contribution in [0.25, 0.3) is 0 Å². The SMILES string of the molecule is CC1(C)CC2(CC(C)(C)N1)OC(=O)N(CCCCCCN1C(=O)OC3(CC(C)(C)NC(C)(C)C3)[C@]1(C)O)[C@]2(C)O. The van der Waals surface area contributed by atoms with Gasteiger partial charge >= 0.3 is 12.2 Å². The van der Waals surface area contributed by atoms with Crippen molar-refractivity contribution in [3.63, 3.8) is 0 Å². The Morgan fingerprint density at radius 1 is 0.575 bits per heavy atom. The first-order valence-corrected chi connectivity index (χ1v) is 15.0. The zero-order valence-corrected chi connectivity index (χ0v) is 26.5. The first-order valence-electron chi connectivity index (χ1n) is 15.0. The molecule has 4 saturated heterocycles. The maximum absolute atomic E-state index is 13.0. The summed E-state index contributed by atoms with van der Waals surface area (Å²) in [5.74, 6) is 0. The van der Waals surface area contributed by atoms with Gasteiger partial charge in [0.1, 0.15) is 0 Å². The maximum atomic E-state index is 13.0. The second-order valence-electron chi connectivity index (χ2n) is 16.0. The highest BCUT2D eigenvalue weighted by atomic mass is 16.6. The molecule has 230 valence electrons. The number of nitrogens with one attached hydrogen (secondary N) is 2. The van der Waals surface area contributed by atoms with Crippen molar-refractivity contribution < 1.29 is 29.3 Å². The maximum Gasteiger partial charge on any atom is 0.412 e. The Labute approximate surface area is 240 Å². The van der Waals surface area contributed by atoms with Crippen LogP contribution in [0.2, 0.25) is 0 Å². The number of hydrogen-bond acceptors (Lipinski definition) is 8. The highest BCUT2D eigenvalue weighted by molar-refractivity contribution is 5.73. The van der Waals surface area contributed by atoms with E-state index in [2.05, 4.69) is 66.0 Å². The van der Waals surface area contributed by atoms with Crippen LogP contribution < -0.4 is 10.6 Å². The van der Waals surface area contributed by atoms with Gasteiger partial charge in [0.05, 0.1) is 0 Å². The van der Waals surface area contributed by atoms with Crippen LogP contribution in [0.15, 0.2) is 0 Å². The van der Waals surface area contributed by atoms with Crippen molar-refractivity contribution in [3.8, 4) is 0 Å². The molecule has 0 saturated carbocycles. The number of aliphatic hydroxyl groups is 2. The summed E-state index contributed by atoms with van der Waals surface area (Å²) in [6.07, 6.45) is 4.19. The minimum Gasteiger partial charge on any atom is -0.437 e. The molecular weight excluding hydrogens is 512 g/mol. The second-order valence-corrected chi connectivity index (χ2v) is 16.0. The van der Waals surface area contributed by atoms with Crippen molar-refractivity contribution in [2.24, 2.45) is 0 Å². The van der Waals surface area contributed by atoms with Crippen molar-refractivity contribution in [2.45, 2.75) is 165 Å². The lowest BCUT2D eigenvalue weighted by atomic mass is 9.68. The summed E-state index contributed by atoms with van der Waals surface area (Å²) in [7, 11) is 0. The van der Waals surface area contributed by atoms with E-state index in [4.69, 9.17) is 9.47 Å². The van der Waals surface area contributed by atoms with E-state index in [9.17, 15) is 19.8 Å². The van der Waals surface area contributed by atoms with E-state index >= 15 is 0 Å². The van der Waals surface area contributed by atoms with E-state index in [0.717, 1.165) is 12.8 Å². The van der Waals surface area contributed by atoms with Gasteiger partial charge in [-0.2, -0.15) is 0 Å². The molecule has 10 heteroatoms. The summed E-state index contributed by atoms with van der Waals surface area (Å²) in [6, 6.07) is 0. The van der Waals surface area contributed by atoms with Gasteiger partial charge in [-0.1, -0.05) is 12.8 Å². The van der Waals surface area contributed by atoms with Gasteiger partial charge in [0.2, 0.25) is 0 Å². The number of unbranched alkanes of at least 4 members (excludes halogenated alkanes) is 3.